The van der Waals surface area contributed by atoms with E-state index in [1.807, 2.05) is 12.4 Å². The van der Waals surface area contributed by atoms with Gasteiger partial charge in [-0.3, -0.25) is 0 Å². The van der Waals surface area contributed by atoms with E-state index in [-0.39, 0.29) is 0 Å². The minimum atomic E-state index is 0.832. The Labute approximate surface area is 189 Å². The third kappa shape index (κ3) is 7.35. The number of nitrogens with zero attached hydrogens (tertiary/aromatic N) is 2. The summed E-state index contributed by atoms with van der Waals surface area (Å²) in [6, 6.07) is 4.39. The van der Waals surface area contributed by atoms with Crippen LogP contribution >= 0.6 is 22.7 Å². The number of aromatic nitrogens is 2. The van der Waals surface area contributed by atoms with E-state index in [1.54, 1.807) is 22.7 Å². The molecule has 0 aromatic carbocycles. The second-order valence-corrected chi connectivity index (χ2v) is 10.2. The predicted molar refractivity (Wildman–Crippen MR) is 132 cm³/mol. The lowest BCUT2D eigenvalue weighted by atomic mass is 10.1. The number of unbranched alkanes of at least 4 members (excludes halogenated alkanes) is 9. The summed E-state index contributed by atoms with van der Waals surface area (Å²) in [7, 11) is 0. The molecule has 3 aromatic rings. The Morgan fingerprint density at radius 1 is 0.733 bits per heavy atom. The van der Waals surface area contributed by atoms with Crippen molar-refractivity contribution in [2.24, 2.45) is 0 Å². The highest BCUT2D eigenvalue weighted by atomic mass is 32.1. The third-order valence-electron chi connectivity index (χ3n) is 5.42. The monoisotopic (exact) mass is 444 g/mol. The summed E-state index contributed by atoms with van der Waals surface area (Å²) >= 11 is 3.50. The molecule has 0 N–H and O–H groups in total. The maximum absolute atomic E-state index is 6.00. The molecule has 0 aliphatic rings. The van der Waals surface area contributed by atoms with Crippen molar-refractivity contribution in [3.05, 3.63) is 30.1 Å². The molecule has 0 aliphatic carbocycles. The minimum Gasteiger partial charge on any atom is -0.484 e. The van der Waals surface area contributed by atoms with Gasteiger partial charge in [0.05, 0.1) is 11.5 Å². The van der Waals surface area contributed by atoms with Crippen LogP contribution in [0.1, 0.15) is 90.0 Å². The van der Waals surface area contributed by atoms with Crippen molar-refractivity contribution >= 4 is 32.1 Å². The zero-order chi connectivity index (χ0) is 21.0. The van der Waals surface area contributed by atoms with Gasteiger partial charge in [0.2, 0.25) is 0 Å². The van der Waals surface area contributed by atoms with Gasteiger partial charge in [0.15, 0.2) is 10.9 Å². The molecule has 5 heteroatoms. The number of aryl methyl sites for hydroxylation is 1. The number of hydrogen-bond acceptors (Lipinski definition) is 5. The summed E-state index contributed by atoms with van der Waals surface area (Å²) in [4.78, 5) is 10.3. The second-order valence-electron chi connectivity index (χ2n) is 8.10. The zero-order valence-electron chi connectivity index (χ0n) is 18.6. The summed E-state index contributed by atoms with van der Waals surface area (Å²) in [5.74, 6) is 0.837. The molecule has 3 heterocycles. The third-order valence-corrected chi connectivity index (χ3v) is 7.62. The molecule has 0 radical (unpaired) electrons. The molecule has 0 saturated carbocycles. The van der Waals surface area contributed by atoms with Crippen molar-refractivity contribution < 1.29 is 4.74 Å². The summed E-state index contributed by atoms with van der Waals surface area (Å²) in [5.41, 5.74) is 1.24. The quantitative estimate of drug-likeness (QED) is 0.220. The summed E-state index contributed by atoms with van der Waals surface area (Å²) in [5, 5.41) is 1.04. The molecule has 3 aromatic heterocycles. The van der Waals surface area contributed by atoms with Gasteiger partial charge in [-0.1, -0.05) is 83.0 Å². The fourth-order valence-electron chi connectivity index (χ4n) is 3.59. The van der Waals surface area contributed by atoms with E-state index >= 15 is 0 Å². The molecule has 30 heavy (non-hydrogen) atoms. The first-order valence-electron chi connectivity index (χ1n) is 11.8. The number of ether oxygens (including phenoxy) is 1. The number of thiophene rings is 2. The Morgan fingerprint density at radius 3 is 2.07 bits per heavy atom. The Kier molecular flexibility index (Phi) is 10.1. The topological polar surface area (TPSA) is 35.0 Å². The van der Waals surface area contributed by atoms with Crippen molar-refractivity contribution in [2.45, 2.75) is 90.9 Å². The van der Waals surface area contributed by atoms with E-state index in [2.05, 4.69) is 35.9 Å². The SMILES string of the molecule is CCCCCCCCCCOc1cc2sc(-c3ncc(CCCCC)cn3)cc2s1. The van der Waals surface area contributed by atoms with Crippen molar-refractivity contribution in [3.8, 4) is 15.8 Å². The van der Waals surface area contributed by atoms with E-state index in [1.165, 1.54) is 79.2 Å². The first-order valence-corrected chi connectivity index (χ1v) is 13.4. The Bertz CT molecular complexity index is 822. The second kappa shape index (κ2) is 13.1. The van der Waals surface area contributed by atoms with Gasteiger partial charge in [0.1, 0.15) is 0 Å². The molecule has 0 unspecified atom stereocenters. The van der Waals surface area contributed by atoms with Crippen molar-refractivity contribution in [2.75, 3.05) is 6.61 Å². The molecule has 0 amide bonds. The standard InChI is InChI=1S/C25H36N2OS2/c1-3-5-7-8-9-10-11-13-15-28-24-17-22-21(30-24)16-23(29-22)25-26-18-20(19-27-25)14-12-6-4-2/h16-19H,3-15H2,1-2H3. The van der Waals surface area contributed by atoms with Crippen LogP contribution in [0.25, 0.3) is 20.1 Å². The molecule has 3 nitrogen and oxygen atoms in total. The number of rotatable bonds is 15. The first kappa shape index (κ1) is 23.2. The predicted octanol–water partition coefficient (Wildman–Crippen LogP) is 8.67. The van der Waals surface area contributed by atoms with Gasteiger partial charge in [-0.05, 0) is 30.9 Å². The molecular formula is C25H36N2OS2. The fourth-order valence-corrected chi connectivity index (χ4v) is 5.80. The van der Waals surface area contributed by atoms with Gasteiger partial charge >= 0.3 is 0 Å². The van der Waals surface area contributed by atoms with E-state index in [4.69, 9.17) is 4.74 Å². The maximum atomic E-state index is 6.00. The van der Waals surface area contributed by atoms with Gasteiger partial charge in [-0.25, -0.2) is 9.97 Å². The van der Waals surface area contributed by atoms with Crippen LogP contribution in [0, 0.1) is 0 Å². The molecule has 0 saturated heterocycles. The van der Waals surface area contributed by atoms with Crippen LogP contribution in [-0.2, 0) is 6.42 Å². The molecular weight excluding hydrogens is 408 g/mol. The Balaban J connectivity index is 1.41. The van der Waals surface area contributed by atoms with E-state index in [9.17, 15) is 0 Å². The lowest BCUT2D eigenvalue weighted by Crippen LogP contribution is -1.95. The highest BCUT2D eigenvalue weighted by molar-refractivity contribution is 7.30. The molecule has 164 valence electrons. The van der Waals surface area contributed by atoms with Gasteiger partial charge in [0, 0.05) is 27.9 Å². The average molecular weight is 445 g/mol. The van der Waals surface area contributed by atoms with Gasteiger partial charge < -0.3 is 4.74 Å². The van der Waals surface area contributed by atoms with E-state index < -0.39 is 0 Å². The van der Waals surface area contributed by atoms with Crippen LogP contribution in [0.15, 0.2) is 24.5 Å². The fraction of sp³-hybridized carbons (Fsp3) is 0.600. The van der Waals surface area contributed by atoms with Crippen molar-refractivity contribution in [1.82, 2.24) is 9.97 Å². The smallest absolute Gasteiger partial charge is 0.175 e. The van der Waals surface area contributed by atoms with Gasteiger partial charge in [0.25, 0.3) is 0 Å². The summed E-state index contributed by atoms with van der Waals surface area (Å²) in [6.45, 7) is 5.33. The van der Waals surface area contributed by atoms with Crippen molar-refractivity contribution in [3.63, 3.8) is 0 Å². The zero-order valence-corrected chi connectivity index (χ0v) is 20.3. The largest absolute Gasteiger partial charge is 0.484 e. The molecule has 0 spiro atoms. The molecule has 0 aliphatic heterocycles. The molecule has 0 bridgehead atoms. The van der Waals surface area contributed by atoms with Crippen LogP contribution in [0.5, 0.6) is 5.06 Å². The molecule has 0 fully saturated rings. The maximum Gasteiger partial charge on any atom is 0.175 e. The number of hydrogen-bond donors (Lipinski definition) is 0. The Hall–Kier alpha value is -1.46. The normalized spacial score (nSPS) is 11.4. The van der Waals surface area contributed by atoms with Gasteiger partial charge in [-0.15, -0.1) is 11.3 Å². The van der Waals surface area contributed by atoms with Gasteiger partial charge in [-0.2, -0.15) is 0 Å². The van der Waals surface area contributed by atoms with Crippen LogP contribution in [0.2, 0.25) is 0 Å². The van der Waals surface area contributed by atoms with Crippen LogP contribution in [-0.4, -0.2) is 16.6 Å². The molecule has 3 rings (SSSR count). The van der Waals surface area contributed by atoms with Crippen LogP contribution < -0.4 is 4.74 Å². The lowest BCUT2D eigenvalue weighted by Gasteiger charge is -2.03. The van der Waals surface area contributed by atoms with Crippen LogP contribution in [0.3, 0.4) is 0 Å². The van der Waals surface area contributed by atoms with E-state index in [0.717, 1.165) is 35.2 Å². The first-order chi connectivity index (χ1) is 14.8. The highest BCUT2D eigenvalue weighted by Gasteiger charge is 2.11. The number of fused-ring (bicyclic) bond motifs is 1. The summed E-state index contributed by atoms with van der Waals surface area (Å²) < 4.78 is 8.55. The Morgan fingerprint density at radius 2 is 1.37 bits per heavy atom. The minimum absolute atomic E-state index is 0.832. The average Bonchev–Trinajstić information content (AvgIpc) is 3.32. The van der Waals surface area contributed by atoms with Crippen molar-refractivity contribution in [1.29, 1.82) is 0 Å². The lowest BCUT2D eigenvalue weighted by molar-refractivity contribution is 0.313. The van der Waals surface area contributed by atoms with Crippen LogP contribution in [0.4, 0.5) is 0 Å². The van der Waals surface area contributed by atoms with E-state index in [0.29, 0.717) is 0 Å². The molecule has 0 atom stereocenters. The highest BCUT2D eigenvalue weighted by Crippen LogP contribution is 2.40. The summed E-state index contributed by atoms with van der Waals surface area (Å²) in [6.07, 6.45) is 19.4.